The number of carboxylic acid groups (broad SMARTS) is 1. The summed E-state index contributed by atoms with van der Waals surface area (Å²) >= 11 is 3.54. The average Bonchev–Trinajstić information content (AvgIpc) is 3.18. The molecule has 0 amide bonds. The van der Waals surface area contributed by atoms with E-state index in [4.69, 9.17) is 19.6 Å². The number of hydrogen-bond acceptors (Lipinski definition) is 4. The molecule has 0 aliphatic carbocycles. The van der Waals surface area contributed by atoms with E-state index in [1.165, 1.54) is 0 Å². The van der Waals surface area contributed by atoms with Crippen LogP contribution in [-0.2, 0) is 30.8 Å². The van der Waals surface area contributed by atoms with Crippen molar-refractivity contribution in [1.29, 1.82) is 0 Å². The van der Waals surface area contributed by atoms with Gasteiger partial charge in [0.15, 0.2) is 6.61 Å². The van der Waals surface area contributed by atoms with Crippen molar-refractivity contribution in [3.8, 4) is 11.5 Å². The van der Waals surface area contributed by atoms with Gasteiger partial charge >= 0.3 is 5.97 Å². The van der Waals surface area contributed by atoms with Crippen LogP contribution >= 0.6 is 15.9 Å². The lowest BCUT2D eigenvalue weighted by Gasteiger charge is -2.15. The van der Waals surface area contributed by atoms with Gasteiger partial charge in [0, 0.05) is 16.5 Å². The Labute approximate surface area is 207 Å². The van der Waals surface area contributed by atoms with Gasteiger partial charge < -0.3 is 19.1 Å². The van der Waals surface area contributed by atoms with E-state index in [0.717, 1.165) is 56.6 Å². The topological polar surface area (TPSA) is 73.6 Å². The van der Waals surface area contributed by atoms with Gasteiger partial charge in [0.1, 0.15) is 23.9 Å². The Morgan fingerprint density at radius 2 is 1.76 bits per heavy atom. The molecule has 1 aromatic heterocycles. The smallest absolute Gasteiger partial charge is 0.341 e. The van der Waals surface area contributed by atoms with Crippen LogP contribution in [0.1, 0.15) is 36.4 Å². The number of carbonyl (C=O) groups is 1. The average molecular weight is 523 g/mol. The highest BCUT2D eigenvalue weighted by Gasteiger charge is 2.13. The monoisotopic (exact) mass is 522 g/mol. The molecular formula is C27H27BrN2O4. The molecule has 176 valence electrons. The summed E-state index contributed by atoms with van der Waals surface area (Å²) in [4.78, 5) is 15.6. The minimum Gasteiger partial charge on any atom is -0.489 e. The molecule has 0 saturated heterocycles. The van der Waals surface area contributed by atoms with Gasteiger partial charge in [-0.15, -0.1) is 0 Å². The van der Waals surface area contributed by atoms with Crippen LogP contribution < -0.4 is 9.47 Å². The number of fused-ring (bicyclic) bond motifs is 1. The van der Waals surface area contributed by atoms with Crippen molar-refractivity contribution >= 4 is 32.9 Å². The fourth-order valence-corrected chi connectivity index (χ4v) is 4.33. The van der Waals surface area contributed by atoms with Gasteiger partial charge in [-0.3, -0.25) is 0 Å². The Morgan fingerprint density at radius 1 is 0.971 bits per heavy atom. The summed E-state index contributed by atoms with van der Waals surface area (Å²) in [5.41, 5.74) is 5.11. The van der Waals surface area contributed by atoms with Gasteiger partial charge in [-0.1, -0.05) is 54.0 Å². The van der Waals surface area contributed by atoms with Crippen molar-refractivity contribution in [2.75, 3.05) is 6.61 Å². The van der Waals surface area contributed by atoms with E-state index in [1.54, 1.807) is 0 Å². The third kappa shape index (κ3) is 5.42. The molecule has 0 saturated carbocycles. The molecule has 6 nitrogen and oxygen atoms in total. The second-order valence-corrected chi connectivity index (χ2v) is 8.89. The molecule has 0 aliphatic rings. The lowest BCUT2D eigenvalue weighted by molar-refractivity contribution is -0.139. The van der Waals surface area contributed by atoms with Crippen LogP contribution in [0.25, 0.3) is 11.0 Å². The summed E-state index contributed by atoms with van der Waals surface area (Å²) in [6.45, 7) is 4.85. The molecule has 1 heterocycles. The highest BCUT2D eigenvalue weighted by Crippen LogP contribution is 2.27. The summed E-state index contributed by atoms with van der Waals surface area (Å²) in [7, 11) is 0. The number of nitrogens with zero attached hydrogens (tertiary/aromatic N) is 2. The fourth-order valence-electron chi connectivity index (χ4n) is 3.99. The Bertz CT molecular complexity index is 1320. The van der Waals surface area contributed by atoms with Crippen molar-refractivity contribution in [3.05, 3.63) is 87.7 Å². The molecule has 0 fully saturated rings. The van der Waals surface area contributed by atoms with Crippen LogP contribution in [0, 0.1) is 0 Å². The van der Waals surface area contributed by atoms with Crippen molar-refractivity contribution in [1.82, 2.24) is 9.55 Å². The first-order chi connectivity index (χ1) is 16.5. The van der Waals surface area contributed by atoms with Crippen LogP contribution in [0.4, 0.5) is 0 Å². The Balaban J connectivity index is 1.54. The molecule has 3 aromatic carbocycles. The molecule has 0 spiro atoms. The first kappa shape index (κ1) is 23.8. The SMILES string of the molecule is CCc1cc(COc2ccccc2Cn2c(CC)nc3cc(Br)ccc32)ccc1OCC(=O)O. The minimum atomic E-state index is -0.990. The number of aromatic nitrogens is 2. The fraction of sp³-hybridized carbons (Fsp3) is 0.259. The maximum atomic E-state index is 10.8. The van der Waals surface area contributed by atoms with Crippen molar-refractivity contribution in [2.45, 2.75) is 39.8 Å². The number of imidazole rings is 1. The van der Waals surface area contributed by atoms with Gasteiger partial charge in [-0.2, -0.15) is 0 Å². The number of benzene rings is 3. The number of aryl methyl sites for hydroxylation is 2. The first-order valence-electron chi connectivity index (χ1n) is 11.3. The first-order valence-corrected chi connectivity index (χ1v) is 12.1. The van der Waals surface area contributed by atoms with Crippen molar-refractivity contribution in [3.63, 3.8) is 0 Å². The zero-order valence-corrected chi connectivity index (χ0v) is 20.8. The molecule has 1 N–H and O–H groups in total. The van der Waals surface area contributed by atoms with Crippen molar-refractivity contribution < 1.29 is 19.4 Å². The molecule has 0 atom stereocenters. The molecule has 34 heavy (non-hydrogen) atoms. The van der Waals surface area contributed by atoms with Gasteiger partial charge in [0.25, 0.3) is 0 Å². The Morgan fingerprint density at radius 3 is 2.53 bits per heavy atom. The lowest BCUT2D eigenvalue weighted by atomic mass is 10.1. The maximum absolute atomic E-state index is 10.8. The minimum absolute atomic E-state index is 0.351. The van der Waals surface area contributed by atoms with Gasteiger partial charge in [0.05, 0.1) is 17.6 Å². The normalized spacial score (nSPS) is 11.0. The number of carboxylic acids is 1. The highest BCUT2D eigenvalue weighted by molar-refractivity contribution is 9.10. The van der Waals surface area contributed by atoms with E-state index < -0.39 is 5.97 Å². The summed E-state index contributed by atoms with van der Waals surface area (Å²) < 4.78 is 14.9. The molecule has 4 rings (SSSR count). The number of aliphatic carboxylic acids is 1. The molecule has 0 bridgehead atoms. The number of para-hydroxylation sites is 1. The third-order valence-corrected chi connectivity index (χ3v) is 6.15. The highest BCUT2D eigenvalue weighted by atomic mass is 79.9. The predicted octanol–water partition coefficient (Wildman–Crippen LogP) is 6.01. The summed E-state index contributed by atoms with van der Waals surface area (Å²) in [6, 6.07) is 20.0. The van der Waals surface area contributed by atoms with Crippen LogP contribution in [0.3, 0.4) is 0 Å². The summed E-state index contributed by atoms with van der Waals surface area (Å²) in [5.74, 6) is 1.47. The van der Waals surface area contributed by atoms with Gasteiger partial charge in [-0.05, 0) is 53.9 Å². The predicted molar refractivity (Wildman–Crippen MR) is 136 cm³/mol. The number of ether oxygens (including phenoxy) is 2. The molecule has 7 heteroatoms. The number of rotatable bonds is 10. The molecule has 4 aromatic rings. The summed E-state index contributed by atoms with van der Waals surface area (Å²) in [5, 5.41) is 8.87. The van der Waals surface area contributed by atoms with E-state index in [0.29, 0.717) is 18.9 Å². The Hall–Kier alpha value is -3.32. The van der Waals surface area contributed by atoms with Gasteiger partial charge in [0.2, 0.25) is 0 Å². The quantitative estimate of drug-likeness (QED) is 0.276. The second kappa shape index (κ2) is 10.7. The molecule has 0 aliphatic heterocycles. The lowest BCUT2D eigenvalue weighted by Crippen LogP contribution is -2.10. The van der Waals surface area contributed by atoms with Crippen LogP contribution in [0.2, 0.25) is 0 Å². The van der Waals surface area contributed by atoms with Crippen LogP contribution in [0.15, 0.2) is 65.1 Å². The van der Waals surface area contributed by atoms with Crippen LogP contribution in [-0.4, -0.2) is 27.2 Å². The Kier molecular flexibility index (Phi) is 7.53. The van der Waals surface area contributed by atoms with E-state index >= 15 is 0 Å². The zero-order valence-electron chi connectivity index (χ0n) is 19.3. The van der Waals surface area contributed by atoms with Gasteiger partial charge in [-0.25, -0.2) is 9.78 Å². The standard InChI is InChI=1S/C27H27BrN2O4/c1-3-19-13-18(9-12-25(19)34-17-27(31)32)16-33-24-8-6-5-7-20(24)15-30-23-11-10-21(28)14-22(23)29-26(30)4-2/h5-14H,3-4,15-17H2,1-2H3,(H,31,32). The molecule has 0 radical (unpaired) electrons. The van der Waals surface area contributed by atoms with E-state index in [2.05, 4.69) is 39.6 Å². The molecule has 0 unspecified atom stereocenters. The number of halogens is 1. The number of hydrogen-bond donors (Lipinski definition) is 1. The van der Waals surface area contributed by atoms with Crippen molar-refractivity contribution in [2.24, 2.45) is 0 Å². The largest absolute Gasteiger partial charge is 0.489 e. The second-order valence-electron chi connectivity index (χ2n) is 7.98. The summed E-state index contributed by atoms with van der Waals surface area (Å²) in [6.07, 6.45) is 1.58. The maximum Gasteiger partial charge on any atom is 0.341 e. The van der Waals surface area contributed by atoms with E-state index in [1.807, 2.05) is 55.5 Å². The molecular weight excluding hydrogens is 496 g/mol. The van der Waals surface area contributed by atoms with E-state index in [9.17, 15) is 4.79 Å². The third-order valence-electron chi connectivity index (χ3n) is 5.66. The van der Waals surface area contributed by atoms with Crippen LogP contribution in [0.5, 0.6) is 11.5 Å². The van der Waals surface area contributed by atoms with E-state index in [-0.39, 0.29) is 6.61 Å². The zero-order chi connectivity index (χ0) is 24.1.